The number of amides is 2. The summed E-state index contributed by atoms with van der Waals surface area (Å²) in [4.78, 5) is 33.2. The zero-order valence-electron chi connectivity index (χ0n) is 23.0. The summed E-state index contributed by atoms with van der Waals surface area (Å²) in [6, 6.07) is 5.14. The molecule has 10 heteroatoms. The van der Waals surface area contributed by atoms with Gasteiger partial charge in [-0.25, -0.2) is 14.6 Å². The van der Waals surface area contributed by atoms with Crippen molar-refractivity contribution in [1.29, 1.82) is 0 Å². The minimum atomic E-state index is -0.684. The van der Waals surface area contributed by atoms with Crippen LogP contribution < -0.4 is 10.2 Å². The van der Waals surface area contributed by atoms with E-state index in [1.807, 2.05) is 54.5 Å². The first-order valence-electron chi connectivity index (χ1n) is 12.8. The molecule has 3 aromatic heterocycles. The average molecular weight is 562 g/mol. The maximum Gasteiger partial charge on any atom is 0.415 e. The highest BCUT2D eigenvalue weighted by molar-refractivity contribution is 7.20. The summed E-state index contributed by atoms with van der Waals surface area (Å²) in [5, 5.41) is 3.24. The first-order chi connectivity index (χ1) is 17.7. The minimum absolute atomic E-state index is 0.167. The van der Waals surface area contributed by atoms with Gasteiger partial charge in [0.1, 0.15) is 22.1 Å². The molecule has 38 heavy (non-hydrogen) atoms. The van der Waals surface area contributed by atoms with Gasteiger partial charge in [-0.2, -0.15) is 0 Å². The number of ether oxygens (including phenoxy) is 2. The van der Waals surface area contributed by atoms with Crippen LogP contribution in [0, 0.1) is 0 Å². The van der Waals surface area contributed by atoms with E-state index in [1.165, 1.54) is 0 Å². The van der Waals surface area contributed by atoms with Crippen molar-refractivity contribution in [2.45, 2.75) is 97.4 Å². The molecule has 0 radical (unpaired) electrons. The van der Waals surface area contributed by atoms with Gasteiger partial charge in [-0.15, -0.1) is 11.3 Å². The maximum absolute atomic E-state index is 13.4. The Bertz CT molecular complexity index is 1300. The van der Waals surface area contributed by atoms with Crippen molar-refractivity contribution in [2.75, 3.05) is 4.90 Å². The lowest BCUT2D eigenvalue weighted by molar-refractivity contribution is 0.0507. The number of furan rings is 1. The lowest BCUT2D eigenvalue weighted by Crippen LogP contribution is -2.38. The van der Waals surface area contributed by atoms with Crippen LogP contribution in [0.5, 0.6) is 0 Å². The van der Waals surface area contributed by atoms with Gasteiger partial charge in [-0.1, -0.05) is 11.6 Å². The van der Waals surface area contributed by atoms with Crippen LogP contribution in [0.15, 0.2) is 28.9 Å². The summed E-state index contributed by atoms with van der Waals surface area (Å²) in [5.74, 6) is 0.998. The summed E-state index contributed by atoms with van der Waals surface area (Å²) in [6.07, 6.45) is 3.37. The molecule has 4 rings (SSSR count). The predicted molar refractivity (Wildman–Crippen MR) is 150 cm³/mol. The molecule has 1 saturated carbocycles. The van der Waals surface area contributed by atoms with E-state index in [1.54, 1.807) is 34.6 Å². The van der Waals surface area contributed by atoms with Gasteiger partial charge in [-0.05, 0) is 84.9 Å². The summed E-state index contributed by atoms with van der Waals surface area (Å²) in [7, 11) is 0. The number of aromatic nitrogens is 1. The molecule has 1 aliphatic rings. The highest BCUT2D eigenvalue weighted by Crippen LogP contribution is 2.50. The number of hydrogen-bond donors (Lipinski definition) is 1. The van der Waals surface area contributed by atoms with Gasteiger partial charge in [0.2, 0.25) is 0 Å². The van der Waals surface area contributed by atoms with Crippen LogP contribution in [-0.2, 0) is 22.4 Å². The normalized spacial score (nSPS) is 14.8. The Labute approximate surface area is 232 Å². The number of rotatable bonds is 7. The second-order valence-electron chi connectivity index (χ2n) is 11.8. The van der Waals surface area contributed by atoms with Gasteiger partial charge in [0.25, 0.3) is 0 Å². The summed E-state index contributed by atoms with van der Waals surface area (Å²) in [6.45, 7) is 13.1. The fourth-order valence-corrected chi connectivity index (χ4v) is 5.86. The van der Waals surface area contributed by atoms with E-state index in [0.717, 1.165) is 33.5 Å². The fraction of sp³-hybridized carbons (Fsp3) is 0.536. The smallest absolute Gasteiger partial charge is 0.415 e. The Balaban J connectivity index is 1.73. The number of carbonyl (C=O) groups is 2. The molecule has 2 amide bonds. The van der Waals surface area contributed by atoms with Crippen LogP contribution in [0.25, 0.3) is 10.2 Å². The van der Waals surface area contributed by atoms with E-state index >= 15 is 0 Å². The molecule has 1 N–H and O–H groups in total. The molecule has 0 aromatic carbocycles. The van der Waals surface area contributed by atoms with Crippen LogP contribution >= 0.6 is 22.9 Å². The highest BCUT2D eigenvalue weighted by Gasteiger charge is 2.34. The van der Waals surface area contributed by atoms with Crippen LogP contribution in [0.2, 0.25) is 5.15 Å². The molecule has 206 valence electrons. The Morgan fingerprint density at radius 3 is 2.47 bits per heavy atom. The molecule has 0 aliphatic heterocycles. The third-order valence-electron chi connectivity index (χ3n) is 5.74. The first kappa shape index (κ1) is 28.2. The number of hydrogen-bond acceptors (Lipinski definition) is 7. The minimum Gasteiger partial charge on any atom is -0.467 e. The highest BCUT2D eigenvalue weighted by atomic mass is 35.5. The monoisotopic (exact) mass is 561 g/mol. The average Bonchev–Trinajstić information content (AvgIpc) is 3.32. The van der Waals surface area contributed by atoms with Crippen molar-refractivity contribution in [3.05, 3.63) is 45.8 Å². The Morgan fingerprint density at radius 2 is 1.89 bits per heavy atom. The number of nitrogens with one attached hydrogen (secondary N) is 1. The number of anilines is 1. The lowest BCUT2D eigenvalue weighted by atomic mass is 10.1. The van der Waals surface area contributed by atoms with Gasteiger partial charge in [0.15, 0.2) is 0 Å². The lowest BCUT2D eigenvalue weighted by Gasteiger charge is -2.27. The molecule has 0 saturated heterocycles. The number of carbonyl (C=O) groups excluding carboxylic acids is 2. The van der Waals surface area contributed by atoms with E-state index in [9.17, 15) is 9.59 Å². The second-order valence-corrected chi connectivity index (χ2v) is 13.2. The zero-order valence-corrected chi connectivity index (χ0v) is 24.6. The molecule has 0 spiro atoms. The number of thiophene rings is 1. The van der Waals surface area contributed by atoms with Crippen molar-refractivity contribution >= 4 is 51.0 Å². The number of alkyl carbamates (subject to hydrolysis) is 1. The molecule has 1 aliphatic carbocycles. The van der Waals surface area contributed by atoms with Crippen LogP contribution in [-0.4, -0.2) is 34.4 Å². The quantitative estimate of drug-likeness (QED) is 0.295. The summed E-state index contributed by atoms with van der Waals surface area (Å²) in [5.41, 5.74) is 1.31. The second kappa shape index (κ2) is 10.8. The van der Waals surface area contributed by atoms with E-state index in [-0.39, 0.29) is 12.6 Å². The van der Waals surface area contributed by atoms with Gasteiger partial charge >= 0.3 is 12.2 Å². The van der Waals surface area contributed by atoms with Crippen molar-refractivity contribution in [3.8, 4) is 0 Å². The number of fused-ring (bicyclic) bond motifs is 1. The molecule has 1 fully saturated rings. The van der Waals surface area contributed by atoms with Crippen molar-refractivity contribution in [2.24, 2.45) is 0 Å². The van der Waals surface area contributed by atoms with Crippen LogP contribution in [0.3, 0.4) is 0 Å². The van der Waals surface area contributed by atoms with Crippen molar-refractivity contribution < 1.29 is 23.5 Å². The Kier molecular flexibility index (Phi) is 8.00. The van der Waals surface area contributed by atoms with E-state index in [2.05, 4.69) is 5.32 Å². The SMILES string of the molecule is C[C@@H](Cc1sc2c(N(Cc3ccco3)C(=O)OC(C)(C)C)cc(Cl)nc2c1C1CC1)NC(=O)OC(C)(C)C. The third kappa shape index (κ3) is 7.20. The molecule has 3 heterocycles. The standard InChI is InChI=1S/C28H36ClN3O5S/c1-16(30-25(33)36-27(2,3)4)13-20-22(17-10-11-17)23-24(38-20)19(14-21(29)31-23)32(15-18-9-8-12-35-18)26(34)37-28(5,6)7/h8-9,12,14,16-17H,10-11,13,15H2,1-7H3,(H,30,33)/t16-/m0/s1. The maximum atomic E-state index is 13.4. The van der Waals surface area contributed by atoms with Crippen molar-refractivity contribution in [1.82, 2.24) is 10.3 Å². The van der Waals surface area contributed by atoms with Gasteiger partial charge in [0.05, 0.1) is 28.7 Å². The van der Waals surface area contributed by atoms with E-state index < -0.39 is 23.4 Å². The van der Waals surface area contributed by atoms with E-state index in [0.29, 0.717) is 28.9 Å². The molecular formula is C28H36ClN3O5S. The van der Waals surface area contributed by atoms with Crippen molar-refractivity contribution in [3.63, 3.8) is 0 Å². The first-order valence-corrected chi connectivity index (χ1v) is 14.0. The Morgan fingerprint density at radius 1 is 1.21 bits per heavy atom. The molecule has 0 unspecified atom stereocenters. The predicted octanol–water partition coefficient (Wildman–Crippen LogP) is 7.82. The molecule has 1 atom stereocenters. The largest absolute Gasteiger partial charge is 0.467 e. The number of halogens is 1. The molecule has 0 bridgehead atoms. The van der Waals surface area contributed by atoms with Crippen LogP contribution in [0.4, 0.5) is 15.3 Å². The van der Waals surface area contributed by atoms with Gasteiger partial charge in [0, 0.05) is 23.4 Å². The third-order valence-corrected chi connectivity index (χ3v) is 7.18. The zero-order chi connectivity index (χ0) is 27.8. The number of nitrogens with zero attached hydrogens (tertiary/aromatic N) is 2. The fourth-order valence-electron chi connectivity index (χ4n) is 4.19. The van der Waals surface area contributed by atoms with Gasteiger partial charge < -0.3 is 19.2 Å². The molecular weight excluding hydrogens is 526 g/mol. The Hall–Kier alpha value is -2.78. The van der Waals surface area contributed by atoms with Crippen LogP contribution in [0.1, 0.15) is 83.4 Å². The number of pyridine rings is 1. The summed E-state index contributed by atoms with van der Waals surface area (Å²) >= 11 is 8.13. The van der Waals surface area contributed by atoms with E-state index in [4.69, 9.17) is 30.5 Å². The molecule has 3 aromatic rings. The molecule has 8 nitrogen and oxygen atoms in total. The topological polar surface area (TPSA) is 93.9 Å². The van der Waals surface area contributed by atoms with Gasteiger partial charge in [-0.3, -0.25) is 4.90 Å². The summed E-state index contributed by atoms with van der Waals surface area (Å²) < 4.78 is 17.6.